The quantitative estimate of drug-likeness (QED) is 0.488. The molecule has 0 atom stereocenters. The van der Waals surface area contributed by atoms with Crippen molar-refractivity contribution in [2.24, 2.45) is 5.10 Å². The van der Waals surface area contributed by atoms with Gasteiger partial charge >= 0.3 is 0 Å². The van der Waals surface area contributed by atoms with Crippen molar-refractivity contribution in [1.29, 1.82) is 0 Å². The Morgan fingerprint density at radius 3 is 2.36 bits per heavy atom. The second kappa shape index (κ2) is 7.98. The van der Waals surface area contributed by atoms with Gasteiger partial charge in [0.25, 0.3) is 0 Å². The van der Waals surface area contributed by atoms with Gasteiger partial charge in [0.05, 0.1) is 23.4 Å². The Morgan fingerprint density at radius 1 is 1.14 bits per heavy atom. The second-order valence-corrected chi connectivity index (χ2v) is 5.41. The molecule has 0 saturated heterocycles. The Kier molecular flexibility index (Phi) is 6.00. The fourth-order valence-corrected chi connectivity index (χ4v) is 2.29. The number of nitrogens with one attached hydrogen (secondary N) is 2. The number of hydrogen-bond donors (Lipinski definition) is 2. The lowest BCUT2D eigenvalue weighted by Gasteiger charge is -2.08. The van der Waals surface area contributed by atoms with E-state index in [0.29, 0.717) is 20.7 Å². The van der Waals surface area contributed by atoms with Crippen LogP contribution in [0.15, 0.2) is 47.6 Å². The SMILES string of the molecule is COc1ccc(NC(=S)NN=Cc2c(Cl)cccc2Cl)cc1. The molecule has 0 bridgehead atoms. The minimum Gasteiger partial charge on any atom is -0.497 e. The molecule has 0 aliphatic heterocycles. The van der Waals surface area contributed by atoms with E-state index < -0.39 is 0 Å². The molecule has 2 rings (SSSR count). The molecule has 7 heteroatoms. The van der Waals surface area contributed by atoms with Gasteiger partial charge in [-0.2, -0.15) is 5.10 Å². The van der Waals surface area contributed by atoms with Crippen LogP contribution in [-0.4, -0.2) is 18.4 Å². The maximum absolute atomic E-state index is 6.04. The summed E-state index contributed by atoms with van der Waals surface area (Å²) < 4.78 is 5.09. The number of halogens is 2. The van der Waals surface area contributed by atoms with Crippen molar-refractivity contribution in [2.75, 3.05) is 12.4 Å². The first kappa shape index (κ1) is 16.5. The van der Waals surface area contributed by atoms with Crippen LogP contribution in [0.5, 0.6) is 5.75 Å². The summed E-state index contributed by atoms with van der Waals surface area (Å²) in [4.78, 5) is 0. The van der Waals surface area contributed by atoms with Crippen molar-refractivity contribution in [3.8, 4) is 5.75 Å². The van der Waals surface area contributed by atoms with Gasteiger partial charge in [-0.25, -0.2) is 0 Å². The van der Waals surface area contributed by atoms with E-state index in [1.807, 2.05) is 24.3 Å². The van der Waals surface area contributed by atoms with E-state index in [1.54, 1.807) is 25.3 Å². The molecule has 0 fully saturated rings. The zero-order valence-electron chi connectivity index (χ0n) is 11.6. The van der Waals surface area contributed by atoms with Gasteiger partial charge in [-0.1, -0.05) is 29.3 Å². The third-order valence-corrected chi connectivity index (χ3v) is 3.56. The number of ether oxygens (including phenoxy) is 1. The lowest BCUT2D eigenvalue weighted by Crippen LogP contribution is -2.23. The molecule has 0 aliphatic rings. The molecule has 0 amide bonds. The summed E-state index contributed by atoms with van der Waals surface area (Å²) >= 11 is 17.2. The number of rotatable bonds is 4. The third-order valence-electron chi connectivity index (χ3n) is 2.71. The number of nitrogens with zero attached hydrogens (tertiary/aromatic N) is 1. The average Bonchev–Trinajstić information content (AvgIpc) is 2.51. The second-order valence-electron chi connectivity index (χ2n) is 4.19. The molecule has 4 nitrogen and oxygen atoms in total. The van der Waals surface area contributed by atoms with Crippen LogP contribution in [0.3, 0.4) is 0 Å². The van der Waals surface area contributed by atoms with Gasteiger partial charge in [-0.15, -0.1) is 0 Å². The van der Waals surface area contributed by atoms with Crippen molar-refractivity contribution >= 4 is 52.4 Å². The van der Waals surface area contributed by atoms with Crippen molar-refractivity contribution in [3.05, 3.63) is 58.1 Å². The van der Waals surface area contributed by atoms with E-state index in [4.69, 9.17) is 40.2 Å². The van der Waals surface area contributed by atoms with Gasteiger partial charge in [0.15, 0.2) is 5.11 Å². The van der Waals surface area contributed by atoms with Crippen LogP contribution < -0.4 is 15.5 Å². The minimum absolute atomic E-state index is 0.351. The molecule has 0 spiro atoms. The highest BCUT2D eigenvalue weighted by molar-refractivity contribution is 7.80. The summed E-state index contributed by atoms with van der Waals surface area (Å²) in [7, 11) is 1.61. The maximum atomic E-state index is 6.04. The Labute approximate surface area is 144 Å². The zero-order chi connectivity index (χ0) is 15.9. The predicted octanol–water partition coefficient (Wildman–Crippen LogP) is 4.32. The fourth-order valence-electron chi connectivity index (χ4n) is 1.62. The van der Waals surface area contributed by atoms with Crippen molar-refractivity contribution in [3.63, 3.8) is 0 Å². The largest absolute Gasteiger partial charge is 0.497 e. The van der Waals surface area contributed by atoms with Gasteiger partial charge in [-0.3, -0.25) is 5.43 Å². The summed E-state index contributed by atoms with van der Waals surface area (Å²) in [6.07, 6.45) is 1.52. The topological polar surface area (TPSA) is 45.6 Å². The van der Waals surface area contributed by atoms with Crippen molar-refractivity contribution in [2.45, 2.75) is 0 Å². The van der Waals surface area contributed by atoms with Crippen LogP contribution in [0.4, 0.5) is 5.69 Å². The number of benzene rings is 2. The third kappa shape index (κ3) is 4.59. The van der Waals surface area contributed by atoms with Gasteiger partial charge in [0.2, 0.25) is 0 Å². The van der Waals surface area contributed by atoms with Gasteiger partial charge in [0, 0.05) is 11.3 Å². The molecule has 0 radical (unpaired) electrons. The van der Waals surface area contributed by atoms with Crippen LogP contribution >= 0.6 is 35.4 Å². The number of thiocarbonyl (C=S) groups is 1. The first-order chi connectivity index (χ1) is 10.6. The highest BCUT2D eigenvalue weighted by atomic mass is 35.5. The lowest BCUT2D eigenvalue weighted by molar-refractivity contribution is 0.415. The summed E-state index contributed by atoms with van der Waals surface area (Å²) in [5.41, 5.74) is 4.16. The molecule has 0 unspecified atom stereocenters. The first-order valence-electron chi connectivity index (χ1n) is 6.28. The lowest BCUT2D eigenvalue weighted by atomic mass is 10.2. The van der Waals surface area contributed by atoms with E-state index in [9.17, 15) is 0 Å². The summed E-state index contributed by atoms with van der Waals surface area (Å²) in [6.45, 7) is 0. The Bertz CT molecular complexity index is 669. The molecule has 0 heterocycles. The highest BCUT2D eigenvalue weighted by Crippen LogP contribution is 2.22. The number of methoxy groups -OCH3 is 1. The van der Waals surface area contributed by atoms with Gasteiger partial charge < -0.3 is 10.1 Å². The molecule has 22 heavy (non-hydrogen) atoms. The minimum atomic E-state index is 0.351. The number of hydrogen-bond acceptors (Lipinski definition) is 3. The van der Waals surface area contributed by atoms with E-state index in [-0.39, 0.29) is 0 Å². The molecule has 0 aromatic heterocycles. The Hall–Kier alpha value is -1.82. The van der Waals surface area contributed by atoms with Crippen LogP contribution in [0.1, 0.15) is 5.56 Å². The Morgan fingerprint density at radius 2 is 1.77 bits per heavy atom. The predicted molar refractivity (Wildman–Crippen MR) is 96.4 cm³/mol. The molecule has 0 saturated carbocycles. The normalized spacial score (nSPS) is 10.5. The van der Waals surface area contributed by atoms with Gasteiger partial charge in [-0.05, 0) is 48.6 Å². The number of hydrazone groups is 1. The zero-order valence-corrected chi connectivity index (χ0v) is 14.0. The fraction of sp³-hybridized carbons (Fsp3) is 0.0667. The molecule has 2 aromatic rings. The number of anilines is 1. The smallest absolute Gasteiger partial charge is 0.191 e. The average molecular weight is 354 g/mol. The molecule has 2 aromatic carbocycles. The van der Waals surface area contributed by atoms with Crippen LogP contribution in [-0.2, 0) is 0 Å². The molecular formula is C15H13Cl2N3OS. The molecule has 2 N–H and O–H groups in total. The van der Waals surface area contributed by atoms with E-state index in [1.165, 1.54) is 6.21 Å². The summed E-state index contributed by atoms with van der Waals surface area (Å²) in [6, 6.07) is 12.6. The molecule has 114 valence electrons. The maximum Gasteiger partial charge on any atom is 0.191 e. The standard InChI is InChI=1S/C15H13Cl2N3OS/c1-21-11-7-5-10(6-8-11)19-15(22)20-18-9-12-13(16)3-2-4-14(12)17/h2-9H,1H3,(H2,19,20,22). The monoisotopic (exact) mass is 353 g/mol. The Balaban J connectivity index is 1.93. The van der Waals surface area contributed by atoms with Gasteiger partial charge in [0.1, 0.15) is 5.75 Å². The summed E-state index contributed by atoms with van der Waals surface area (Å²) in [5.74, 6) is 0.774. The van der Waals surface area contributed by atoms with Crippen molar-refractivity contribution < 1.29 is 4.74 Å². The van der Waals surface area contributed by atoms with Crippen LogP contribution in [0.2, 0.25) is 10.0 Å². The summed E-state index contributed by atoms with van der Waals surface area (Å²) in [5, 5.41) is 8.41. The van der Waals surface area contributed by atoms with Crippen LogP contribution in [0, 0.1) is 0 Å². The molecular weight excluding hydrogens is 341 g/mol. The van der Waals surface area contributed by atoms with E-state index >= 15 is 0 Å². The highest BCUT2D eigenvalue weighted by Gasteiger charge is 2.02. The molecule has 0 aliphatic carbocycles. The first-order valence-corrected chi connectivity index (χ1v) is 7.44. The van der Waals surface area contributed by atoms with Crippen LogP contribution in [0.25, 0.3) is 0 Å². The van der Waals surface area contributed by atoms with Crippen molar-refractivity contribution in [1.82, 2.24) is 5.43 Å². The van der Waals surface area contributed by atoms with E-state index in [2.05, 4.69) is 15.8 Å². The van der Waals surface area contributed by atoms with E-state index in [0.717, 1.165) is 11.4 Å².